The van der Waals surface area contributed by atoms with E-state index in [0.29, 0.717) is 6.61 Å². The summed E-state index contributed by atoms with van der Waals surface area (Å²) in [5.41, 5.74) is 1.86. The van der Waals surface area contributed by atoms with Gasteiger partial charge in [-0.3, -0.25) is 14.4 Å². The minimum absolute atomic E-state index is 0.0102. The van der Waals surface area contributed by atoms with Gasteiger partial charge in [0, 0.05) is 19.8 Å². The minimum Gasteiger partial charge on any atom is -0.458 e. The first-order chi connectivity index (χ1) is 14.0. The van der Waals surface area contributed by atoms with Crippen LogP contribution in [0.1, 0.15) is 67.2 Å². The highest BCUT2D eigenvalue weighted by Crippen LogP contribution is 2.63. The quantitative estimate of drug-likeness (QED) is 0.515. The number of hydrogen-bond acceptors (Lipinski definition) is 6. The number of Topliss-reactive ketones (excluding diaryl/α,β-unsaturated/α-hetero) is 1. The molecule has 0 bridgehead atoms. The van der Waals surface area contributed by atoms with Crippen LogP contribution in [0.3, 0.4) is 0 Å². The lowest BCUT2D eigenvalue weighted by atomic mass is 9.66. The first kappa shape index (κ1) is 21.5. The molecule has 4 aliphatic rings. The fourth-order valence-electron chi connectivity index (χ4n) is 7.15. The minimum atomic E-state index is -0.719. The molecule has 0 radical (unpaired) electrons. The van der Waals surface area contributed by atoms with Crippen LogP contribution < -0.4 is 0 Å². The fourth-order valence-corrected chi connectivity index (χ4v) is 7.15. The van der Waals surface area contributed by atoms with E-state index < -0.39 is 12.1 Å². The molecule has 0 N–H and O–H groups in total. The van der Waals surface area contributed by atoms with Gasteiger partial charge in [0.2, 0.25) is 0 Å². The summed E-state index contributed by atoms with van der Waals surface area (Å²) in [6, 6.07) is 0. The first-order valence-electron chi connectivity index (χ1n) is 11.2. The SMILES string of the molecule is CC(=O)O[C@H]1CC[C@@]2(C)CC[C@@]3(C)[C@H](C(=O)[C@@H](OC(C)=O)[C@H]3C(C)C)[C@H]3OCC1=C32. The van der Waals surface area contributed by atoms with E-state index in [9.17, 15) is 14.4 Å². The number of carbonyl (C=O) groups is 3. The number of carbonyl (C=O) groups excluding carboxylic acids is 3. The third kappa shape index (κ3) is 3.05. The molecule has 3 aliphatic carbocycles. The van der Waals surface area contributed by atoms with E-state index in [2.05, 4.69) is 27.7 Å². The molecule has 166 valence electrons. The number of ether oxygens (including phenoxy) is 3. The van der Waals surface area contributed by atoms with Crippen LogP contribution >= 0.6 is 0 Å². The monoisotopic (exact) mass is 418 g/mol. The van der Waals surface area contributed by atoms with Gasteiger partial charge >= 0.3 is 11.9 Å². The average molecular weight is 419 g/mol. The number of fused-ring (bicyclic) bond motifs is 2. The van der Waals surface area contributed by atoms with Crippen LogP contribution in [0.15, 0.2) is 11.1 Å². The second kappa shape index (κ2) is 7.18. The molecule has 4 rings (SSSR count). The van der Waals surface area contributed by atoms with Crippen molar-refractivity contribution >= 4 is 17.7 Å². The molecule has 6 nitrogen and oxygen atoms in total. The lowest BCUT2D eigenvalue weighted by molar-refractivity contribution is -0.155. The van der Waals surface area contributed by atoms with Gasteiger partial charge in [-0.15, -0.1) is 0 Å². The van der Waals surface area contributed by atoms with Crippen molar-refractivity contribution in [2.75, 3.05) is 6.61 Å². The number of rotatable bonds is 3. The van der Waals surface area contributed by atoms with Crippen LogP contribution in [0.2, 0.25) is 0 Å². The van der Waals surface area contributed by atoms with Gasteiger partial charge in [0.1, 0.15) is 6.10 Å². The third-order valence-electron chi connectivity index (χ3n) is 8.27. The Balaban J connectivity index is 1.81. The van der Waals surface area contributed by atoms with Gasteiger partial charge in [0.25, 0.3) is 0 Å². The predicted octanol–water partition coefficient (Wildman–Crippen LogP) is 3.62. The van der Waals surface area contributed by atoms with Crippen molar-refractivity contribution in [2.45, 2.75) is 85.5 Å². The second-order valence-corrected chi connectivity index (χ2v) is 10.6. The molecule has 0 saturated heterocycles. The molecule has 0 aromatic rings. The maximum Gasteiger partial charge on any atom is 0.303 e. The summed E-state index contributed by atoms with van der Waals surface area (Å²) >= 11 is 0. The zero-order chi connectivity index (χ0) is 22.0. The van der Waals surface area contributed by atoms with E-state index in [1.807, 2.05) is 0 Å². The molecule has 0 spiro atoms. The Bertz CT molecular complexity index is 813. The zero-order valence-corrected chi connectivity index (χ0v) is 18.9. The molecule has 1 heterocycles. The molecule has 30 heavy (non-hydrogen) atoms. The van der Waals surface area contributed by atoms with Crippen LogP contribution in [0, 0.1) is 28.6 Å². The van der Waals surface area contributed by atoms with Crippen molar-refractivity contribution in [1.82, 2.24) is 0 Å². The van der Waals surface area contributed by atoms with E-state index in [0.717, 1.165) is 31.3 Å². The van der Waals surface area contributed by atoms with Crippen LogP contribution in [0.5, 0.6) is 0 Å². The second-order valence-electron chi connectivity index (χ2n) is 10.6. The molecule has 0 unspecified atom stereocenters. The highest BCUT2D eigenvalue weighted by molar-refractivity contribution is 5.92. The first-order valence-corrected chi connectivity index (χ1v) is 11.2. The molecule has 0 aromatic carbocycles. The summed E-state index contributed by atoms with van der Waals surface area (Å²) in [5.74, 6) is -0.900. The van der Waals surface area contributed by atoms with E-state index in [1.165, 1.54) is 19.4 Å². The van der Waals surface area contributed by atoms with E-state index in [1.54, 1.807) is 0 Å². The Morgan fingerprint density at radius 1 is 1.07 bits per heavy atom. The Labute approximate surface area is 178 Å². The van der Waals surface area contributed by atoms with Crippen LogP contribution in [-0.2, 0) is 28.6 Å². The molecule has 7 atom stereocenters. The Hall–Kier alpha value is -1.69. The molecule has 0 amide bonds. The molecular weight excluding hydrogens is 384 g/mol. The van der Waals surface area contributed by atoms with Gasteiger partial charge in [-0.2, -0.15) is 0 Å². The van der Waals surface area contributed by atoms with Gasteiger partial charge in [-0.25, -0.2) is 0 Å². The third-order valence-corrected chi connectivity index (χ3v) is 8.27. The molecular formula is C24H34O6. The van der Waals surface area contributed by atoms with Crippen molar-refractivity contribution < 1.29 is 28.6 Å². The highest BCUT2D eigenvalue weighted by Gasteiger charge is 2.66. The fraction of sp³-hybridized carbons (Fsp3) is 0.792. The van der Waals surface area contributed by atoms with Crippen LogP contribution in [-0.4, -0.2) is 42.6 Å². The molecule has 1 aliphatic heterocycles. The average Bonchev–Trinajstić information content (AvgIpc) is 3.12. The van der Waals surface area contributed by atoms with Gasteiger partial charge in [0.15, 0.2) is 11.9 Å². The predicted molar refractivity (Wildman–Crippen MR) is 109 cm³/mol. The Kier molecular flexibility index (Phi) is 5.16. The number of ketones is 1. The zero-order valence-electron chi connectivity index (χ0n) is 18.9. The maximum absolute atomic E-state index is 13.7. The standard InChI is InChI=1S/C24H34O6/c1-12(2)17-22(30-14(4)26)20(27)19-21-18-15(11-28-21)16(29-13(3)25)7-8-23(18,5)9-10-24(17,19)6/h12,16-17,19,21-22H,7-11H2,1-6H3/t16-,17+,19+,21-,22-,23-,24+/m0/s1. The van der Waals surface area contributed by atoms with Crippen molar-refractivity contribution in [3.8, 4) is 0 Å². The summed E-state index contributed by atoms with van der Waals surface area (Å²) in [7, 11) is 0. The highest BCUT2D eigenvalue weighted by atomic mass is 16.6. The maximum atomic E-state index is 13.7. The van der Waals surface area contributed by atoms with E-state index in [4.69, 9.17) is 14.2 Å². The molecule has 2 saturated carbocycles. The largest absolute Gasteiger partial charge is 0.458 e. The summed E-state index contributed by atoms with van der Waals surface area (Å²) in [5, 5.41) is 0. The molecule has 0 aromatic heterocycles. The Morgan fingerprint density at radius 3 is 2.33 bits per heavy atom. The Morgan fingerprint density at radius 2 is 1.73 bits per heavy atom. The van der Waals surface area contributed by atoms with E-state index >= 15 is 0 Å². The van der Waals surface area contributed by atoms with Gasteiger partial charge in [-0.05, 0) is 53.6 Å². The van der Waals surface area contributed by atoms with Gasteiger partial charge in [-0.1, -0.05) is 27.7 Å². The smallest absolute Gasteiger partial charge is 0.303 e. The van der Waals surface area contributed by atoms with Crippen molar-refractivity contribution in [3.05, 3.63) is 11.1 Å². The lowest BCUT2D eigenvalue weighted by Crippen LogP contribution is -2.40. The summed E-state index contributed by atoms with van der Waals surface area (Å²) < 4.78 is 17.6. The number of esters is 2. The van der Waals surface area contributed by atoms with Crippen molar-refractivity contribution in [3.63, 3.8) is 0 Å². The van der Waals surface area contributed by atoms with Gasteiger partial charge in [0.05, 0.1) is 18.6 Å². The van der Waals surface area contributed by atoms with Gasteiger partial charge < -0.3 is 14.2 Å². The number of hydrogen-bond donors (Lipinski definition) is 0. The lowest BCUT2D eigenvalue weighted by Gasteiger charge is -2.40. The summed E-state index contributed by atoms with van der Waals surface area (Å²) in [4.78, 5) is 37.2. The van der Waals surface area contributed by atoms with Crippen LogP contribution in [0.4, 0.5) is 0 Å². The topological polar surface area (TPSA) is 78.9 Å². The van der Waals surface area contributed by atoms with Crippen LogP contribution in [0.25, 0.3) is 0 Å². The van der Waals surface area contributed by atoms with Crippen molar-refractivity contribution in [2.24, 2.45) is 28.6 Å². The summed E-state index contributed by atoms with van der Waals surface area (Å²) in [6.45, 7) is 11.9. The molecule has 2 fully saturated rings. The normalized spacial score (nSPS) is 42.6. The molecule has 6 heteroatoms. The van der Waals surface area contributed by atoms with E-state index in [-0.39, 0.29) is 52.5 Å². The van der Waals surface area contributed by atoms with Crippen molar-refractivity contribution in [1.29, 1.82) is 0 Å². The summed E-state index contributed by atoms with van der Waals surface area (Å²) in [6.07, 6.45) is 2.24.